The Balaban J connectivity index is 1.54. The molecular formula is C13H12N6O3. The third-order valence-electron chi connectivity index (χ3n) is 3.15. The number of rotatable bonds is 4. The van der Waals surface area contributed by atoms with Gasteiger partial charge in [0.05, 0.1) is 11.1 Å². The lowest BCUT2D eigenvalue weighted by Gasteiger charge is -2.14. The number of aromatic nitrogens is 3. The number of imide groups is 1. The molecule has 3 N–H and O–H groups in total. The number of amides is 4. The highest BCUT2D eigenvalue weighted by atomic mass is 16.2. The van der Waals surface area contributed by atoms with Crippen LogP contribution in [0.25, 0.3) is 0 Å². The van der Waals surface area contributed by atoms with Gasteiger partial charge in [-0.25, -0.2) is 9.89 Å². The number of fused-ring (bicyclic) bond motifs is 1. The summed E-state index contributed by atoms with van der Waals surface area (Å²) in [6.45, 7) is 0.224. The quantitative estimate of drug-likeness (QED) is 0.698. The third kappa shape index (κ3) is 2.51. The second kappa shape index (κ2) is 5.64. The molecule has 9 heteroatoms. The van der Waals surface area contributed by atoms with Crippen molar-refractivity contribution >= 4 is 23.8 Å². The topological polar surface area (TPSA) is 120 Å². The Morgan fingerprint density at radius 1 is 1.18 bits per heavy atom. The van der Waals surface area contributed by atoms with Crippen LogP contribution in [0.15, 0.2) is 30.6 Å². The SMILES string of the molecule is O=C(NCCN1C(=O)c2ccccc2C1=O)Nc1ncn[nH]1. The van der Waals surface area contributed by atoms with Crippen LogP contribution in [0.1, 0.15) is 20.7 Å². The fourth-order valence-electron chi connectivity index (χ4n) is 2.14. The summed E-state index contributed by atoms with van der Waals surface area (Å²) in [6.07, 6.45) is 1.26. The number of nitrogens with one attached hydrogen (secondary N) is 3. The van der Waals surface area contributed by atoms with E-state index in [1.54, 1.807) is 24.3 Å². The highest BCUT2D eigenvalue weighted by molar-refractivity contribution is 6.21. The fourth-order valence-corrected chi connectivity index (χ4v) is 2.14. The minimum absolute atomic E-state index is 0.0934. The molecule has 1 aliphatic heterocycles. The standard InChI is InChI=1S/C13H12N6O3/c20-10-8-3-1-2-4-9(8)11(21)19(10)6-5-14-13(22)17-12-15-7-16-18-12/h1-4,7H,5-6H2,(H3,14,15,16,17,18,22). The van der Waals surface area contributed by atoms with Crippen molar-refractivity contribution in [3.8, 4) is 0 Å². The Morgan fingerprint density at radius 3 is 2.45 bits per heavy atom. The molecule has 2 heterocycles. The van der Waals surface area contributed by atoms with Crippen LogP contribution in [0.4, 0.5) is 10.7 Å². The number of urea groups is 1. The maximum absolute atomic E-state index is 12.1. The van der Waals surface area contributed by atoms with E-state index in [0.717, 1.165) is 4.90 Å². The molecule has 0 saturated carbocycles. The predicted molar refractivity (Wildman–Crippen MR) is 75.2 cm³/mol. The number of H-pyrrole nitrogens is 1. The summed E-state index contributed by atoms with van der Waals surface area (Å²) >= 11 is 0. The number of hydrogen-bond acceptors (Lipinski definition) is 5. The van der Waals surface area contributed by atoms with E-state index in [0.29, 0.717) is 11.1 Å². The van der Waals surface area contributed by atoms with Gasteiger partial charge in [0.25, 0.3) is 11.8 Å². The van der Waals surface area contributed by atoms with Gasteiger partial charge < -0.3 is 5.32 Å². The largest absolute Gasteiger partial charge is 0.336 e. The molecule has 0 atom stereocenters. The minimum atomic E-state index is -0.506. The molecule has 1 aromatic heterocycles. The molecule has 1 aliphatic rings. The van der Waals surface area contributed by atoms with Crippen molar-refractivity contribution in [3.05, 3.63) is 41.7 Å². The van der Waals surface area contributed by atoms with E-state index >= 15 is 0 Å². The van der Waals surface area contributed by atoms with Gasteiger partial charge in [-0.15, -0.1) is 0 Å². The third-order valence-corrected chi connectivity index (χ3v) is 3.15. The average molecular weight is 300 g/mol. The van der Waals surface area contributed by atoms with Crippen LogP contribution < -0.4 is 10.6 Å². The van der Waals surface area contributed by atoms with Crippen LogP contribution in [0.5, 0.6) is 0 Å². The highest BCUT2D eigenvalue weighted by Gasteiger charge is 2.34. The molecule has 0 radical (unpaired) electrons. The molecule has 112 valence electrons. The summed E-state index contributed by atoms with van der Waals surface area (Å²) in [7, 11) is 0. The van der Waals surface area contributed by atoms with E-state index < -0.39 is 6.03 Å². The lowest BCUT2D eigenvalue weighted by Crippen LogP contribution is -2.39. The Morgan fingerprint density at radius 2 is 1.86 bits per heavy atom. The molecule has 0 saturated heterocycles. The van der Waals surface area contributed by atoms with Crippen molar-refractivity contribution in [3.63, 3.8) is 0 Å². The number of carbonyl (C=O) groups is 3. The molecule has 0 aliphatic carbocycles. The molecule has 0 fully saturated rings. The van der Waals surface area contributed by atoms with Gasteiger partial charge in [0.15, 0.2) is 0 Å². The summed E-state index contributed by atoms with van der Waals surface area (Å²) in [4.78, 5) is 40.6. The molecular weight excluding hydrogens is 288 g/mol. The highest BCUT2D eigenvalue weighted by Crippen LogP contribution is 2.21. The molecule has 9 nitrogen and oxygen atoms in total. The van der Waals surface area contributed by atoms with E-state index in [2.05, 4.69) is 25.8 Å². The first-order chi connectivity index (χ1) is 10.7. The summed E-state index contributed by atoms with van der Waals surface area (Å²) < 4.78 is 0. The molecule has 2 aromatic rings. The first-order valence-corrected chi connectivity index (χ1v) is 6.52. The molecule has 4 amide bonds. The smallest absolute Gasteiger partial charge is 0.321 e. The van der Waals surface area contributed by atoms with E-state index in [4.69, 9.17) is 0 Å². The van der Waals surface area contributed by atoms with Crippen molar-refractivity contribution in [2.45, 2.75) is 0 Å². The van der Waals surface area contributed by atoms with Crippen molar-refractivity contribution < 1.29 is 14.4 Å². The number of nitrogens with zero attached hydrogens (tertiary/aromatic N) is 3. The van der Waals surface area contributed by atoms with Crippen molar-refractivity contribution in [1.29, 1.82) is 0 Å². The van der Waals surface area contributed by atoms with E-state index in [1.165, 1.54) is 6.33 Å². The van der Waals surface area contributed by atoms with Gasteiger partial charge in [0.2, 0.25) is 5.95 Å². The van der Waals surface area contributed by atoms with Gasteiger partial charge in [0.1, 0.15) is 6.33 Å². The second-order valence-corrected chi connectivity index (χ2v) is 4.52. The zero-order chi connectivity index (χ0) is 15.5. The number of carbonyl (C=O) groups excluding carboxylic acids is 3. The van der Waals surface area contributed by atoms with Crippen molar-refractivity contribution in [2.24, 2.45) is 0 Å². The van der Waals surface area contributed by atoms with Gasteiger partial charge in [-0.1, -0.05) is 12.1 Å². The Kier molecular flexibility index (Phi) is 3.52. The first-order valence-electron chi connectivity index (χ1n) is 6.52. The molecule has 0 bridgehead atoms. The van der Waals surface area contributed by atoms with Gasteiger partial charge >= 0.3 is 6.03 Å². The van der Waals surface area contributed by atoms with Gasteiger partial charge in [-0.3, -0.25) is 19.8 Å². The van der Waals surface area contributed by atoms with Gasteiger partial charge in [0, 0.05) is 13.1 Å². The fraction of sp³-hybridized carbons (Fsp3) is 0.154. The van der Waals surface area contributed by atoms with Gasteiger partial charge in [-0.2, -0.15) is 10.1 Å². The Labute approximate surface area is 124 Å². The molecule has 22 heavy (non-hydrogen) atoms. The first kappa shape index (κ1) is 13.7. The van der Waals surface area contributed by atoms with Crippen LogP contribution >= 0.6 is 0 Å². The monoisotopic (exact) mass is 300 g/mol. The van der Waals surface area contributed by atoms with Crippen LogP contribution in [-0.4, -0.2) is 51.0 Å². The number of anilines is 1. The Hall–Kier alpha value is -3.23. The summed E-state index contributed by atoms with van der Waals surface area (Å²) in [5.74, 6) is -0.491. The maximum atomic E-state index is 12.1. The van der Waals surface area contributed by atoms with Crippen molar-refractivity contribution in [1.82, 2.24) is 25.4 Å². The lowest BCUT2D eigenvalue weighted by molar-refractivity contribution is 0.0656. The normalized spacial score (nSPS) is 13.2. The summed E-state index contributed by atoms with van der Waals surface area (Å²) in [5, 5.41) is 11.0. The maximum Gasteiger partial charge on any atom is 0.321 e. The van der Waals surface area contributed by atoms with E-state index in [-0.39, 0.29) is 30.9 Å². The summed E-state index contributed by atoms with van der Waals surface area (Å²) in [5.41, 5.74) is 0.775. The molecule has 0 unspecified atom stereocenters. The van der Waals surface area contributed by atoms with Crippen LogP contribution in [0.2, 0.25) is 0 Å². The molecule has 0 spiro atoms. The number of aromatic amines is 1. The lowest BCUT2D eigenvalue weighted by atomic mass is 10.1. The van der Waals surface area contributed by atoms with E-state index in [1.807, 2.05) is 0 Å². The zero-order valence-corrected chi connectivity index (χ0v) is 11.4. The minimum Gasteiger partial charge on any atom is -0.336 e. The van der Waals surface area contributed by atoms with E-state index in [9.17, 15) is 14.4 Å². The second-order valence-electron chi connectivity index (χ2n) is 4.52. The average Bonchev–Trinajstić information content (AvgIpc) is 3.10. The molecule has 3 rings (SSSR count). The van der Waals surface area contributed by atoms with Crippen LogP contribution in [0.3, 0.4) is 0 Å². The number of benzene rings is 1. The van der Waals surface area contributed by atoms with Crippen LogP contribution in [-0.2, 0) is 0 Å². The number of hydrogen-bond donors (Lipinski definition) is 3. The van der Waals surface area contributed by atoms with Crippen molar-refractivity contribution in [2.75, 3.05) is 18.4 Å². The molecule has 1 aromatic carbocycles. The Bertz CT molecular complexity index is 692. The van der Waals surface area contributed by atoms with Crippen LogP contribution in [0, 0.1) is 0 Å². The summed E-state index contributed by atoms with van der Waals surface area (Å²) in [6, 6.07) is 6.13. The zero-order valence-electron chi connectivity index (χ0n) is 11.4. The predicted octanol–water partition coefficient (Wildman–Crippen LogP) is 0.222. The van der Waals surface area contributed by atoms with Gasteiger partial charge in [-0.05, 0) is 12.1 Å².